The molecule has 5 N–H and O–H groups in total. The van der Waals surface area contributed by atoms with Crippen LogP contribution < -0.4 is 16.2 Å². The van der Waals surface area contributed by atoms with E-state index in [0.717, 1.165) is 16.9 Å². The summed E-state index contributed by atoms with van der Waals surface area (Å²) in [5.41, 5.74) is 13.4. The minimum absolute atomic E-state index is 0. The summed E-state index contributed by atoms with van der Waals surface area (Å²) in [7, 11) is 1.65. The summed E-state index contributed by atoms with van der Waals surface area (Å²) in [6.07, 6.45) is 0. The number of methoxy groups -OCH3 is 1. The molecular formula is C17H25BBrN2O2. The van der Waals surface area contributed by atoms with Crippen LogP contribution in [0, 0.1) is 0 Å². The van der Waals surface area contributed by atoms with Crippen molar-refractivity contribution in [1.82, 2.24) is 0 Å². The molecular weight excluding hydrogens is 355 g/mol. The van der Waals surface area contributed by atoms with Gasteiger partial charge in [-0.15, -0.1) is 17.0 Å². The lowest BCUT2D eigenvalue weighted by Gasteiger charge is -2.05. The Morgan fingerprint density at radius 1 is 0.826 bits per heavy atom. The predicted octanol–water partition coefficient (Wildman–Crippen LogP) is 3.32. The van der Waals surface area contributed by atoms with Crippen molar-refractivity contribution in [2.24, 2.45) is 11.5 Å². The Hall–Kier alpha value is -1.50. The lowest BCUT2D eigenvalue weighted by molar-refractivity contribution is 0.414. The van der Waals surface area contributed by atoms with E-state index in [1.54, 1.807) is 19.2 Å². The summed E-state index contributed by atoms with van der Waals surface area (Å²) < 4.78 is 5.01. The zero-order valence-corrected chi connectivity index (χ0v) is 15.5. The predicted molar refractivity (Wildman–Crippen MR) is 102 cm³/mol. The van der Waals surface area contributed by atoms with Crippen LogP contribution >= 0.6 is 17.0 Å². The molecule has 0 heterocycles. The fraction of sp³-hybridized carbons (Fsp3) is 0.294. The van der Waals surface area contributed by atoms with Crippen LogP contribution in [-0.2, 0) is 0 Å². The largest absolute Gasteiger partial charge is 0.508 e. The molecule has 0 saturated heterocycles. The Bertz CT molecular complexity index is 531. The normalized spacial score (nSPS) is 11.7. The van der Waals surface area contributed by atoms with Crippen LogP contribution in [0.1, 0.15) is 37.1 Å². The van der Waals surface area contributed by atoms with Gasteiger partial charge in [-0.2, -0.15) is 0 Å². The highest BCUT2D eigenvalue weighted by Crippen LogP contribution is 2.15. The number of aromatic hydroxyl groups is 1. The molecule has 0 aliphatic heterocycles. The first kappa shape index (κ1) is 23.8. The summed E-state index contributed by atoms with van der Waals surface area (Å²) in [6, 6.07) is 14.8. The third-order valence-corrected chi connectivity index (χ3v) is 3.06. The van der Waals surface area contributed by atoms with Crippen molar-refractivity contribution in [3.63, 3.8) is 0 Å². The second-order valence-electron chi connectivity index (χ2n) is 4.94. The second-order valence-corrected chi connectivity index (χ2v) is 4.94. The van der Waals surface area contributed by atoms with E-state index < -0.39 is 0 Å². The van der Waals surface area contributed by atoms with Crippen molar-refractivity contribution < 1.29 is 9.84 Å². The molecule has 0 unspecified atom stereocenters. The number of benzene rings is 2. The van der Waals surface area contributed by atoms with E-state index in [1.165, 1.54) is 0 Å². The smallest absolute Gasteiger partial charge is 0.118 e. The van der Waals surface area contributed by atoms with Crippen LogP contribution in [0.4, 0.5) is 0 Å². The summed E-state index contributed by atoms with van der Waals surface area (Å²) in [6.45, 7) is 3.87. The van der Waals surface area contributed by atoms with Crippen LogP contribution in [0.2, 0.25) is 0 Å². The first-order valence-corrected chi connectivity index (χ1v) is 6.88. The van der Waals surface area contributed by atoms with E-state index in [2.05, 4.69) is 0 Å². The molecule has 2 atom stereocenters. The van der Waals surface area contributed by atoms with Gasteiger partial charge in [0.05, 0.1) is 7.11 Å². The van der Waals surface area contributed by atoms with E-state index in [1.807, 2.05) is 50.2 Å². The topological polar surface area (TPSA) is 81.5 Å². The molecule has 0 bridgehead atoms. The first-order chi connectivity index (χ1) is 9.93. The molecule has 0 saturated carbocycles. The van der Waals surface area contributed by atoms with Crippen molar-refractivity contribution in [2.75, 3.05) is 7.11 Å². The molecule has 0 aliphatic rings. The van der Waals surface area contributed by atoms with Gasteiger partial charge in [-0.1, -0.05) is 24.3 Å². The quantitative estimate of drug-likeness (QED) is 0.714. The number of halogens is 1. The maximum atomic E-state index is 8.90. The van der Waals surface area contributed by atoms with E-state index >= 15 is 0 Å². The summed E-state index contributed by atoms with van der Waals surface area (Å²) in [5, 5.41) is 8.90. The van der Waals surface area contributed by atoms with Crippen molar-refractivity contribution in [3.05, 3.63) is 59.7 Å². The third kappa shape index (κ3) is 8.64. The van der Waals surface area contributed by atoms with Gasteiger partial charge in [0.25, 0.3) is 0 Å². The Balaban J connectivity index is 0. The summed E-state index contributed by atoms with van der Waals surface area (Å²) >= 11 is 0. The van der Waals surface area contributed by atoms with Gasteiger partial charge in [-0.05, 0) is 49.2 Å². The molecule has 0 fully saturated rings. The van der Waals surface area contributed by atoms with Crippen molar-refractivity contribution in [2.45, 2.75) is 25.9 Å². The maximum Gasteiger partial charge on any atom is 0.118 e. The number of ether oxygens (including phenoxy) is 1. The first-order valence-electron chi connectivity index (χ1n) is 6.88. The van der Waals surface area contributed by atoms with Crippen LogP contribution in [0.15, 0.2) is 48.5 Å². The molecule has 6 heteroatoms. The molecule has 2 aromatic carbocycles. The van der Waals surface area contributed by atoms with Gasteiger partial charge in [0, 0.05) is 20.5 Å². The summed E-state index contributed by atoms with van der Waals surface area (Å²) in [5.74, 6) is 1.15. The minimum Gasteiger partial charge on any atom is -0.508 e. The highest BCUT2D eigenvalue weighted by Gasteiger charge is 1.98. The number of phenolic OH excluding ortho intramolecular Hbond substituents is 1. The number of nitrogens with two attached hydrogens (primary N) is 2. The molecule has 0 spiro atoms. The van der Waals surface area contributed by atoms with Gasteiger partial charge in [-0.25, -0.2) is 0 Å². The molecule has 2 aromatic rings. The number of phenols is 1. The fourth-order valence-electron chi connectivity index (χ4n) is 1.69. The standard InChI is InChI=1S/C9H13NO.C8H11NO.B.BrH/c1-7(10)8-3-5-9(11-2)6-4-8;1-6(9)7-2-4-8(10)5-3-7;;/h3-7H,10H2,1-2H3;2-6,10H,9H2,1H3;;1H/t7-;6-;;/m11../s1. The zero-order chi connectivity index (χ0) is 15.8. The average Bonchev–Trinajstić information content (AvgIpc) is 2.48. The molecule has 0 aliphatic carbocycles. The van der Waals surface area contributed by atoms with Gasteiger partial charge in [-0.3, -0.25) is 0 Å². The number of hydrogen-bond acceptors (Lipinski definition) is 4. The Kier molecular flexibility index (Phi) is 12.4. The molecule has 23 heavy (non-hydrogen) atoms. The van der Waals surface area contributed by atoms with Gasteiger partial charge < -0.3 is 21.3 Å². The Labute approximate surface area is 151 Å². The van der Waals surface area contributed by atoms with Gasteiger partial charge >= 0.3 is 0 Å². The van der Waals surface area contributed by atoms with E-state index in [4.69, 9.17) is 21.3 Å². The van der Waals surface area contributed by atoms with E-state index in [0.29, 0.717) is 0 Å². The zero-order valence-electron chi connectivity index (χ0n) is 13.8. The second kappa shape index (κ2) is 12.0. The summed E-state index contributed by atoms with van der Waals surface area (Å²) in [4.78, 5) is 0. The van der Waals surface area contributed by atoms with Crippen LogP contribution in [-0.4, -0.2) is 20.6 Å². The maximum absolute atomic E-state index is 8.90. The van der Waals surface area contributed by atoms with Crippen molar-refractivity contribution in [3.8, 4) is 11.5 Å². The van der Waals surface area contributed by atoms with E-state index in [9.17, 15) is 0 Å². The molecule has 125 valence electrons. The molecule has 4 nitrogen and oxygen atoms in total. The lowest BCUT2D eigenvalue weighted by Crippen LogP contribution is -2.04. The Morgan fingerprint density at radius 2 is 1.17 bits per heavy atom. The number of rotatable bonds is 3. The number of hydrogen-bond donors (Lipinski definition) is 3. The van der Waals surface area contributed by atoms with Crippen LogP contribution in [0.25, 0.3) is 0 Å². The van der Waals surface area contributed by atoms with E-state index in [-0.39, 0.29) is 43.2 Å². The van der Waals surface area contributed by atoms with Gasteiger partial charge in [0.15, 0.2) is 0 Å². The molecule has 0 aromatic heterocycles. The SMILES string of the molecule is Br.COc1ccc([C@@H](C)N)cc1.C[C@@H](N)c1ccc(O)cc1.[B]. The average molecular weight is 380 g/mol. The molecule has 2 rings (SSSR count). The van der Waals surface area contributed by atoms with Crippen molar-refractivity contribution >= 4 is 25.4 Å². The molecule has 3 radical (unpaired) electrons. The fourth-order valence-corrected chi connectivity index (χ4v) is 1.69. The minimum atomic E-state index is 0. The highest BCUT2D eigenvalue weighted by atomic mass is 79.9. The van der Waals surface area contributed by atoms with Crippen molar-refractivity contribution in [1.29, 1.82) is 0 Å². The lowest BCUT2D eigenvalue weighted by atomic mass is 10.1. The Morgan fingerprint density at radius 3 is 1.48 bits per heavy atom. The van der Waals surface area contributed by atoms with Gasteiger partial charge in [0.2, 0.25) is 0 Å². The molecule has 0 amide bonds. The third-order valence-electron chi connectivity index (χ3n) is 3.06. The van der Waals surface area contributed by atoms with Gasteiger partial charge in [0.1, 0.15) is 11.5 Å². The highest BCUT2D eigenvalue weighted by molar-refractivity contribution is 8.93. The van der Waals surface area contributed by atoms with Crippen LogP contribution in [0.3, 0.4) is 0 Å². The van der Waals surface area contributed by atoms with Crippen LogP contribution in [0.5, 0.6) is 11.5 Å². The monoisotopic (exact) mass is 379 g/mol.